The lowest BCUT2D eigenvalue weighted by Gasteiger charge is -2.39. The van der Waals surface area contributed by atoms with Crippen LogP contribution >= 0.6 is 0 Å². The van der Waals surface area contributed by atoms with E-state index in [1.54, 1.807) is 0 Å². The molecule has 2 unspecified atom stereocenters. The standard InChI is InChI=1S/C29H35N7O12/c30-29-33-25-24(27(46)34-29)36(20(38)4-2-6-22(41)42)17(13-31-25)14-35(19(37)3-1-5-21(39)40)16-9-7-15(8-10-16)26(45)32-18(28(47)48)11-12-23(43)44/h7-10,17-18H,1-6,11-14H2,(H,32,45)(H,39,40)(H,41,42)(H,43,44)(H,47,48)(H4,30,31,33,34,46). The fourth-order valence-corrected chi connectivity index (χ4v) is 4.95. The average Bonchev–Trinajstić information content (AvgIpc) is 3.00. The molecule has 0 aliphatic carbocycles. The third kappa shape index (κ3) is 9.99. The first-order valence-electron chi connectivity index (χ1n) is 14.7. The van der Waals surface area contributed by atoms with Crippen LogP contribution in [0.25, 0.3) is 0 Å². The smallest absolute Gasteiger partial charge is 0.326 e. The number of rotatable bonds is 17. The number of nitrogens with two attached hydrogens (primary N) is 1. The van der Waals surface area contributed by atoms with E-state index in [9.17, 15) is 43.5 Å². The number of anilines is 4. The van der Waals surface area contributed by atoms with Crippen LogP contribution in [0, 0.1) is 0 Å². The van der Waals surface area contributed by atoms with E-state index in [1.165, 1.54) is 29.2 Å². The SMILES string of the molecule is Nc1nc2c(c(=O)[nH]1)N(C(=O)CCCC(=O)O)C(CN(C(=O)CCCC(=O)O)c1ccc(C(=O)NC(CCC(=O)O)C(=O)O)cc1)CN2. The second-order valence-corrected chi connectivity index (χ2v) is 10.8. The monoisotopic (exact) mass is 673 g/mol. The maximum atomic E-state index is 13.5. The summed E-state index contributed by atoms with van der Waals surface area (Å²) in [6.07, 6.45) is -2.02. The number of nitrogen functional groups attached to an aromatic ring is 1. The molecule has 0 fully saturated rings. The molecular formula is C29H35N7O12. The van der Waals surface area contributed by atoms with Crippen LogP contribution < -0.4 is 31.7 Å². The third-order valence-electron chi connectivity index (χ3n) is 7.24. The molecule has 1 aliphatic rings. The summed E-state index contributed by atoms with van der Waals surface area (Å²) in [4.78, 5) is 106. The van der Waals surface area contributed by atoms with E-state index in [0.29, 0.717) is 0 Å². The molecule has 0 radical (unpaired) electrons. The fraction of sp³-hybridized carbons (Fsp3) is 0.414. The highest BCUT2D eigenvalue weighted by Crippen LogP contribution is 2.29. The summed E-state index contributed by atoms with van der Waals surface area (Å²) in [7, 11) is 0. The van der Waals surface area contributed by atoms with Crippen molar-refractivity contribution in [3.05, 3.63) is 40.2 Å². The Morgan fingerprint density at radius 3 is 2.10 bits per heavy atom. The zero-order valence-electron chi connectivity index (χ0n) is 25.5. The highest BCUT2D eigenvalue weighted by atomic mass is 16.4. The molecule has 19 nitrogen and oxygen atoms in total. The number of H-pyrrole nitrogens is 1. The number of nitrogens with one attached hydrogen (secondary N) is 3. The Morgan fingerprint density at radius 1 is 0.917 bits per heavy atom. The highest BCUT2D eigenvalue weighted by Gasteiger charge is 2.36. The molecule has 3 rings (SSSR count). The van der Waals surface area contributed by atoms with Gasteiger partial charge in [-0.05, 0) is 43.5 Å². The van der Waals surface area contributed by atoms with E-state index >= 15 is 0 Å². The molecule has 0 spiro atoms. The van der Waals surface area contributed by atoms with Crippen molar-refractivity contribution in [2.75, 3.05) is 33.9 Å². The largest absolute Gasteiger partial charge is 0.481 e. The van der Waals surface area contributed by atoms with Crippen molar-refractivity contribution >= 4 is 64.7 Å². The molecule has 48 heavy (non-hydrogen) atoms. The maximum Gasteiger partial charge on any atom is 0.326 e. The third-order valence-corrected chi connectivity index (χ3v) is 7.24. The Balaban J connectivity index is 1.94. The molecule has 2 heterocycles. The lowest BCUT2D eigenvalue weighted by atomic mass is 10.1. The molecule has 19 heteroatoms. The van der Waals surface area contributed by atoms with Gasteiger partial charge in [-0.3, -0.25) is 43.4 Å². The topological polar surface area (TPSA) is 303 Å². The van der Waals surface area contributed by atoms with Crippen molar-refractivity contribution < 1.29 is 54.0 Å². The van der Waals surface area contributed by atoms with Gasteiger partial charge in [0.1, 0.15) is 6.04 Å². The normalized spacial score (nSPS) is 14.2. The van der Waals surface area contributed by atoms with Gasteiger partial charge >= 0.3 is 23.9 Å². The predicted molar refractivity (Wildman–Crippen MR) is 167 cm³/mol. The zero-order valence-corrected chi connectivity index (χ0v) is 25.5. The molecule has 3 amide bonds. The second-order valence-electron chi connectivity index (χ2n) is 10.8. The number of nitrogens with zero attached hydrogens (tertiary/aromatic N) is 3. The van der Waals surface area contributed by atoms with E-state index in [1.807, 2.05) is 0 Å². The first-order chi connectivity index (χ1) is 22.7. The number of aromatic nitrogens is 2. The van der Waals surface area contributed by atoms with Crippen LogP contribution in [0.4, 0.5) is 23.1 Å². The van der Waals surface area contributed by atoms with Crippen LogP contribution in [0.1, 0.15) is 61.7 Å². The van der Waals surface area contributed by atoms with Crippen LogP contribution in [0.15, 0.2) is 29.1 Å². The van der Waals surface area contributed by atoms with Gasteiger partial charge in [0.25, 0.3) is 11.5 Å². The van der Waals surface area contributed by atoms with Crippen molar-refractivity contribution in [3.8, 4) is 0 Å². The van der Waals surface area contributed by atoms with Crippen molar-refractivity contribution in [2.24, 2.45) is 0 Å². The minimum atomic E-state index is -1.48. The molecular weight excluding hydrogens is 638 g/mol. The summed E-state index contributed by atoms with van der Waals surface area (Å²) in [5.41, 5.74) is 4.90. The molecule has 258 valence electrons. The number of carboxylic acids is 4. The first kappa shape index (κ1) is 36.5. The summed E-state index contributed by atoms with van der Waals surface area (Å²) in [6.45, 7) is -0.269. The molecule has 2 atom stereocenters. The molecule has 9 N–H and O–H groups in total. The molecule has 2 aromatic rings. The molecule has 0 saturated carbocycles. The zero-order chi connectivity index (χ0) is 35.5. The predicted octanol–water partition coefficient (Wildman–Crippen LogP) is 0.0700. The van der Waals surface area contributed by atoms with Crippen LogP contribution in [-0.2, 0) is 28.8 Å². The van der Waals surface area contributed by atoms with E-state index in [4.69, 9.17) is 21.1 Å². The van der Waals surface area contributed by atoms with E-state index < -0.39 is 65.7 Å². The van der Waals surface area contributed by atoms with Gasteiger partial charge < -0.3 is 41.7 Å². The number of fused-ring (bicyclic) bond motifs is 1. The van der Waals surface area contributed by atoms with Crippen molar-refractivity contribution in [1.82, 2.24) is 15.3 Å². The fourth-order valence-electron chi connectivity index (χ4n) is 4.95. The van der Waals surface area contributed by atoms with Gasteiger partial charge in [-0.2, -0.15) is 4.98 Å². The lowest BCUT2D eigenvalue weighted by Crippen LogP contribution is -2.56. The minimum Gasteiger partial charge on any atom is -0.481 e. The number of amides is 3. The first-order valence-corrected chi connectivity index (χ1v) is 14.7. The highest BCUT2D eigenvalue weighted by molar-refractivity contribution is 6.00. The molecule has 1 aromatic heterocycles. The Bertz CT molecular complexity index is 1630. The Hall–Kier alpha value is -6.01. The van der Waals surface area contributed by atoms with Crippen molar-refractivity contribution in [1.29, 1.82) is 0 Å². The number of carbonyl (C=O) groups is 7. The van der Waals surface area contributed by atoms with E-state index in [2.05, 4.69) is 20.6 Å². The van der Waals surface area contributed by atoms with Crippen LogP contribution in [-0.4, -0.2) is 97.2 Å². The van der Waals surface area contributed by atoms with Gasteiger partial charge in [0.05, 0.1) is 6.04 Å². The van der Waals surface area contributed by atoms with Gasteiger partial charge in [-0.25, -0.2) is 4.79 Å². The molecule has 0 bridgehead atoms. The Kier molecular flexibility index (Phi) is 12.5. The van der Waals surface area contributed by atoms with Gasteiger partial charge in [0.2, 0.25) is 17.8 Å². The Morgan fingerprint density at radius 2 is 1.52 bits per heavy atom. The number of carbonyl (C=O) groups excluding carboxylic acids is 3. The van der Waals surface area contributed by atoms with Crippen LogP contribution in [0.5, 0.6) is 0 Å². The number of benzene rings is 1. The summed E-state index contributed by atoms with van der Waals surface area (Å²) in [5.74, 6) is -7.14. The second kappa shape index (κ2) is 16.5. The average molecular weight is 674 g/mol. The van der Waals surface area contributed by atoms with Crippen molar-refractivity contribution in [3.63, 3.8) is 0 Å². The van der Waals surface area contributed by atoms with E-state index in [-0.39, 0.29) is 86.7 Å². The minimum absolute atomic E-state index is 0.00296. The summed E-state index contributed by atoms with van der Waals surface area (Å²) >= 11 is 0. The summed E-state index contributed by atoms with van der Waals surface area (Å²) < 4.78 is 0. The maximum absolute atomic E-state index is 13.5. The quantitative estimate of drug-likeness (QED) is 0.110. The lowest BCUT2D eigenvalue weighted by molar-refractivity contribution is -0.141. The van der Waals surface area contributed by atoms with Crippen LogP contribution in [0.3, 0.4) is 0 Å². The number of hydrogen-bond acceptors (Lipinski definition) is 11. The van der Waals surface area contributed by atoms with E-state index in [0.717, 1.165) is 4.90 Å². The van der Waals surface area contributed by atoms with Crippen molar-refractivity contribution in [2.45, 2.75) is 63.5 Å². The molecule has 1 aromatic carbocycles. The Labute approximate surface area is 271 Å². The molecule has 1 aliphatic heterocycles. The summed E-state index contributed by atoms with van der Waals surface area (Å²) in [6, 6.07) is 2.93. The number of carboxylic acid groups (broad SMARTS) is 4. The number of aliphatic carboxylic acids is 4. The van der Waals surface area contributed by atoms with Gasteiger partial charge in [0.15, 0.2) is 11.5 Å². The van der Waals surface area contributed by atoms with Gasteiger partial charge in [-0.1, -0.05) is 0 Å². The molecule has 0 saturated heterocycles. The number of hydrogen-bond donors (Lipinski definition) is 8. The number of aromatic amines is 1. The van der Waals surface area contributed by atoms with Gasteiger partial charge in [-0.15, -0.1) is 0 Å². The summed E-state index contributed by atoms with van der Waals surface area (Å²) in [5, 5.41) is 41.5. The van der Waals surface area contributed by atoms with Gasteiger partial charge in [0, 0.05) is 56.4 Å². The van der Waals surface area contributed by atoms with Crippen LogP contribution in [0.2, 0.25) is 0 Å².